The van der Waals surface area contributed by atoms with Gasteiger partial charge in [-0.1, -0.05) is 25.8 Å². The molecule has 24 heavy (non-hydrogen) atoms. The standard InChI is InChI=1S/C18H29N3O2S/c1-3-4-10-21-11-6-5-8-15(21)13-19-17(22)14-20(2)18(23)16-9-7-12-24-16/h7,9,12,15H,3-6,8,10-11,13-14H2,1-2H3,(H,19,22). The quantitative estimate of drug-likeness (QED) is 0.783. The Bertz CT molecular complexity index is 518. The molecule has 1 unspecified atom stereocenters. The van der Waals surface area contributed by atoms with Gasteiger partial charge in [0, 0.05) is 19.6 Å². The molecule has 0 radical (unpaired) electrons. The van der Waals surface area contributed by atoms with Gasteiger partial charge in [0.15, 0.2) is 0 Å². The first-order chi connectivity index (χ1) is 11.6. The van der Waals surface area contributed by atoms with Gasteiger partial charge in [-0.2, -0.15) is 0 Å². The number of rotatable bonds is 8. The first-order valence-electron chi connectivity index (χ1n) is 8.91. The highest BCUT2D eigenvalue weighted by molar-refractivity contribution is 7.12. The molecular formula is C18H29N3O2S. The molecule has 0 bridgehead atoms. The lowest BCUT2D eigenvalue weighted by Gasteiger charge is -2.35. The van der Waals surface area contributed by atoms with Crippen LogP contribution >= 0.6 is 11.3 Å². The minimum absolute atomic E-state index is 0.0802. The minimum Gasteiger partial charge on any atom is -0.353 e. The third kappa shape index (κ3) is 5.60. The van der Waals surface area contributed by atoms with Crippen molar-refractivity contribution < 1.29 is 9.59 Å². The molecule has 1 aliphatic heterocycles. The van der Waals surface area contributed by atoms with E-state index in [1.807, 2.05) is 11.4 Å². The number of thiophene rings is 1. The Kier molecular flexibility index (Phi) is 7.72. The molecule has 1 fully saturated rings. The van der Waals surface area contributed by atoms with E-state index in [9.17, 15) is 9.59 Å². The third-order valence-electron chi connectivity index (χ3n) is 4.54. The van der Waals surface area contributed by atoms with Crippen LogP contribution in [0, 0.1) is 0 Å². The number of unbranched alkanes of at least 4 members (excludes halogenated alkanes) is 1. The van der Waals surface area contributed by atoms with Crippen LogP contribution in [0.4, 0.5) is 0 Å². The predicted octanol–water partition coefficient (Wildman–Crippen LogP) is 2.59. The summed E-state index contributed by atoms with van der Waals surface area (Å²) in [5.74, 6) is -0.175. The van der Waals surface area contributed by atoms with E-state index in [2.05, 4.69) is 17.1 Å². The van der Waals surface area contributed by atoms with Gasteiger partial charge in [0.25, 0.3) is 5.91 Å². The van der Waals surface area contributed by atoms with Gasteiger partial charge in [0.1, 0.15) is 0 Å². The van der Waals surface area contributed by atoms with Crippen molar-refractivity contribution >= 4 is 23.2 Å². The van der Waals surface area contributed by atoms with E-state index in [1.54, 1.807) is 13.1 Å². The van der Waals surface area contributed by atoms with Crippen LogP contribution in [-0.4, -0.2) is 60.9 Å². The maximum Gasteiger partial charge on any atom is 0.264 e. The summed E-state index contributed by atoms with van der Waals surface area (Å²) in [6.45, 7) is 5.26. The van der Waals surface area contributed by atoms with Gasteiger partial charge < -0.3 is 10.2 Å². The number of carbonyl (C=O) groups is 2. The smallest absolute Gasteiger partial charge is 0.264 e. The summed E-state index contributed by atoms with van der Waals surface area (Å²) in [5, 5.41) is 4.89. The molecule has 2 amide bonds. The second kappa shape index (κ2) is 9.79. The van der Waals surface area contributed by atoms with Gasteiger partial charge >= 0.3 is 0 Å². The molecule has 2 heterocycles. The second-order valence-electron chi connectivity index (χ2n) is 6.48. The van der Waals surface area contributed by atoms with Crippen molar-refractivity contribution in [1.82, 2.24) is 15.1 Å². The molecule has 1 atom stereocenters. The second-order valence-corrected chi connectivity index (χ2v) is 7.43. The number of hydrogen-bond donors (Lipinski definition) is 1. The lowest BCUT2D eigenvalue weighted by molar-refractivity contribution is -0.121. The predicted molar refractivity (Wildman–Crippen MR) is 98.4 cm³/mol. The Labute approximate surface area is 149 Å². The summed E-state index contributed by atoms with van der Waals surface area (Å²) in [6, 6.07) is 4.07. The van der Waals surface area contributed by atoms with E-state index in [4.69, 9.17) is 0 Å². The van der Waals surface area contributed by atoms with E-state index in [0.29, 0.717) is 17.5 Å². The molecule has 1 saturated heterocycles. The van der Waals surface area contributed by atoms with Crippen molar-refractivity contribution in [2.45, 2.75) is 45.1 Å². The van der Waals surface area contributed by atoms with Crippen LogP contribution in [0.1, 0.15) is 48.7 Å². The zero-order chi connectivity index (χ0) is 17.4. The normalized spacial score (nSPS) is 18.3. The largest absolute Gasteiger partial charge is 0.353 e. The van der Waals surface area contributed by atoms with Gasteiger partial charge in [-0.05, 0) is 43.8 Å². The number of likely N-dealkylation sites (tertiary alicyclic amines) is 1. The Hall–Kier alpha value is -1.40. The van der Waals surface area contributed by atoms with Crippen molar-refractivity contribution in [2.24, 2.45) is 0 Å². The highest BCUT2D eigenvalue weighted by Gasteiger charge is 2.23. The summed E-state index contributed by atoms with van der Waals surface area (Å²) in [5.41, 5.74) is 0. The Morgan fingerprint density at radius 3 is 2.96 bits per heavy atom. The maximum atomic E-state index is 12.2. The van der Waals surface area contributed by atoms with Crippen molar-refractivity contribution in [1.29, 1.82) is 0 Å². The summed E-state index contributed by atoms with van der Waals surface area (Å²) in [7, 11) is 1.68. The number of nitrogens with one attached hydrogen (secondary N) is 1. The molecule has 0 aliphatic carbocycles. The van der Waals surface area contributed by atoms with Gasteiger partial charge in [-0.15, -0.1) is 11.3 Å². The number of nitrogens with zero attached hydrogens (tertiary/aromatic N) is 2. The van der Waals surface area contributed by atoms with Crippen molar-refractivity contribution in [3.05, 3.63) is 22.4 Å². The molecule has 0 aromatic carbocycles. The Morgan fingerprint density at radius 1 is 1.42 bits per heavy atom. The SMILES string of the molecule is CCCCN1CCCCC1CNC(=O)CN(C)C(=O)c1cccs1. The molecule has 0 saturated carbocycles. The van der Waals surface area contributed by atoms with E-state index in [1.165, 1.54) is 41.9 Å². The number of piperidine rings is 1. The van der Waals surface area contributed by atoms with Crippen LogP contribution in [0.25, 0.3) is 0 Å². The van der Waals surface area contributed by atoms with Crippen LogP contribution in [0.15, 0.2) is 17.5 Å². The van der Waals surface area contributed by atoms with Crippen molar-refractivity contribution in [2.75, 3.05) is 33.2 Å². The van der Waals surface area contributed by atoms with E-state index < -0.39 is 0 Å². The topological polar surface area (TPSA) is 52.7 Å². The van der Waals surface area contributed by atoms with Crippen LogP contribution < -0.4 is 5.32 Å². The lowest BCUT2D eigenvalue weighted by atomic mass is 10.0. The Morgan fingerprint density at radius 2 is 2.25 bits per heavy atom. The van der Waals surface area contributed by atoms with Crippen LogP contribution in [0.5, 0.6) is 0 Å². The number of hydrogen-bond acceptors (Lipinski definition) is 4. The molecule has 1 N–H and O–H groups in total. The summed E-state index contributed by atoms with van der Waals surface area (Å²) in [6.07, 6.45) is 6.05. The molecule has 1 aliphatic rings. The van der Waals surface area contributed by atoms with Gasteiger partial charge in [-0.25, -0.2) is 0 Å². The molecule has 0 spiro atoms. The molecule has 1 aromatic rings. The fraction of sp³-hybridized carbons (Fsp3) is 0.667. The van der Waals surface area contributed by atoms with Crippen molar-refractivity contribution in [3.63, 3.8) is 0 Å². The minimum atomic E-state index is -0.0950. The Balaban J connectivity index is 1.76. The molecular weight excluding hydrogens is 322 g/mol. The van der Waals surface area contributed by atoms with Crippen LogP contribution in [0.3, 0.4) is 0 Å². The summed E-state index contributed by atoms with van der Waals surface area (Å²) < 4.78 is 0. The molecule has 6 heteroatoms. The lowest BCUT2D eigenvalue weighted by Crippen LogP contribution is -2.48. The van der Waals surface area contributed by atoms with Gasteiger partial charge in [-0.3, -0.25) is 14.5 Å². The molecule has 134 valence electrons. The zero-order valence-electron chi connectivity index (χ0n) is 14.8. The van der Waals surface area contributed by atoms with E-state index in [0.717, 1.165) is 19.5 Å². The first kappa shape index (κ1) is 18.9. The summed E-state index contributed by atoms with van der Waals surface area (Å²) in [4.78, 5) is 29.0. The van der Waals surface area contributed by atoms with Crippen LogP contribution in [0.2, 0.25) is 0 Å². The molecule has 5 nitrogen and oxygen atoms in total. The first-order valence-corrected chi connectivity index (χ1v) is 9.79. The van der Waals surface area contributed by atoms with Crippen molar-refractivity contribution in [3.8, 4) is 0 Å². The number of likely N-dealkylation sites (N-methyl/N-ethyl adjacent to an activating group) is 1. The fourth-order valence-electron chi connectivity index (χ4n) is 3.11. The van der Waals surface area contributed by atoms with Crippen LogP contribution in [-0.2, 0) is 4.79 Å². The zero-order valence-corrected chi connectivity index (χ0v) is 15.6. The monoisotopic (exact) mass is 351 g/mol. The van der Waals surface area contributed by atoms with E-state index >= 15 is 0 Å². The van der Waals surface area contributed by atoms with E-state index in [-0.39, 0.29) is 18.4 Å². The average molecular weight is 352 g/mol. The molecule has 2 rings (SSSR count). The highest BCUT2D eigenvalue weighted by Crippen LogP contribution is 2.17. The molecule has 1 aromatic heterocycles. The van der Waals surface area contributed by atoms with Gasteiger partial charge in [0.2, 0.25) is 5.91 Å². The average Bonchev–Trinajstić information content (AvgIpc) is 3.12. The summed E-state index contributed by atoms with van der Waals surface area (Å²) >= 11 is 1.40. The van der Waals surface area contributed by atoms with Gasteiger partial charge in [0.05, 0.1) is 11.4 Å². The number of carbonyl (C=O) groups excluding carboxylic acids is 2. The fourth-order valence-corrected chi connectivity index (χ4v) is 3.83. The highest BCUT2D eigenvalue weighted by atomic mass is 32.1. The third-order valence-corrected chi connectivity index (χ3v) is 5.40. The maximum absolute atomic E-state index is 12.2. The number of amides is 2.